The van der Waals surface area contributed by atoms with Crippen molar-refractivity contribution in [2.45, 2.75) is 45.7 Å². The number of nitrogens with one attached hydrogen (secondary N) is 1. The highest BCUT2D eigenvalue weighted by atomic mass is 32.1. The lowest BCUT2D eigenvalue weighted by molar-refractivity contribution is 0.208. The summed E-state index contributed by atoms with van der Waals surface area (Å²) < 4.78 is 0. The average Bonchev–Trinajstić information content (AvgIpc) is 2.97. The Morgan fingerprint density at radius 3 is 3.06 bits per heavy atom. The fourth-order valence-electron chi connectivity index (χ4n) is 2.41. The molecule has 1 saturated heterocycles. The van der Waals surface area contributed by atoms with Crippen LogP contribution in [-0.4, -0.2) is 35.6 Å². The van der Waals surface area contributed by atoms with Crippen molar-refractivity contribution in [1.29, 1.82) is 0 Å². The maximum atomic E-state index is 4.72. The Morgan fingerprint density at radius 1 is 1.53 bits per heavy atom. The normalized spacial score (nSPS) is 20.3. The predicted molar refractivity (Wildman–Crippen MR) is 73.5 cm³/mol. The topological polar surface area (TPSA) is 28.2 Å². The van der Waals surface area contributed by atoms with E-state index in [0.717, 1.165) is 26.1 Å². The van der Waals surface area contributed by atoms with Gasteiger partial charge in [-0.1, -0.05) is 13.8 Å². The Kier molecular flexibility index (Phi) is 4.95. The van der Waals surface area contributed by atoms with Gasteiger partial charge in [0.05, 0.1) is 10.7 Å². The van der Waals surface area contributed by atoms with Gasteiger partial charge in [-0.3, -0.25) is 4.90 Å². The number of aryl methyl sites for hydroxylation is 1. The lowest BCUT2D eigenvalue weighted by atomic mass is 10.2. The second kappa shape index (κ2) is 6.47. The van der Waals surface area contributed by atoms with Crippen molar-refractivity contribution in [3.05, 3.63) is 16.1 Å². The molecule has 0 amide bonds. The van der Waals surface area contributed by atoms with Crippen LogP contribution in [0.2, 0.25) is 0 Å². The van der Waals surface area contributed by atoms with Gasteiger partial charge < -0.3 is 5.32 Å². The van der Waals surface area contributed by atoms with Gasteiger partial charge in [0.15, 0.2) is 0 Å². The van der Waals surface area contributed by atoms with Crippen molar-refractivity contribution in [1.82, 2.24) is 15.2 Å². The van der Waals surface area contributed by atoms with Crippen LogP contribution in [-0.2, 0) is 13.0 Å². The van der Waals surface area contributed by atoms with Crippen molar-refractivity contribution in [3.8, 4) is 0 Å². The summed E-state index contributed by atoms with van der Waals surface area (Å²) in [6, 6.07) is 0.705. The number of nitrogens with zero attached hydrogens (tertiary/aromatic N) is 2. The van der Waals surface area contributed by atoms with E-state index in [-0.39, 0.29) is 0 Å². The van der Waals surface area contributed by atoms with Crippen LogP contribution < -0.4 is 5.32 Å². The van der Waals surface area contributed by atoms with Gasteiger partial charge >= 0.3 is 0 Å². The zero-order chi connectivity index (χ0) is 12.1. The highest BCUT2D eigenvalue weighted by Crippen LogP contribution is 2.16. The number of thiazole rings is 1. The van der Waals surface area contributed by atoms with Crippen LogP contribution >= 0.6 is 11.3 Å². The SMILES string of the molecule is CCCc1nc(CN(CC)C2CCNC2)cs1. The molecular weight excluding hydrogens is 230 g/mol. The third kappa shape index (κ3) is 3.50. The summed E-state index contributed by atoms with van der Waals surface area (Å²) >= 11 is 1.82. The molecule has 17 heavy (non-hydrogen) atoms. The lowest BCUT2D eigenvalue weighted by Crippen LogP contribution is -2.36. The van der Waals surface area contributed by atoms with E-state index >= 15 is 0 Å². The van der Waals surface area contributed by atoms with Crippen LogP contribution in [0.25, 0.3) is 0 Å². The molecule has 0 spiro atoms. The summed E-state index contributed by atoms with van der Waals surface area (Å²) in [5.74, 6) is 0. The Hall–Kier alpha value is -0.450. The summed E-state index contributed by atoms with van der Waals surface area (Å²) in [4.78, 5) is 7.26. The summed E-state index contributed by atoms with van der Waals surface area (Å²) in [5.41, 5.74) is 1.26. The van der Waals surface area contributed by atoms with E-state index in [2.05, 4.69) is 29.4 Å². The number of hydrogen-bond donors (Lipinski definition) is 1. The molecule has 0 radical (unpaired) electrons. The second-order valence-corrected chi connectivity index (χ2v) is 5.63. The first kappa shape index (κ1) is 13.0. The molecular formula is C13H23N3S. The third-order valence-corrected chi connectivity index (χ3v) is 4.34. The highest BCUT2D eigenvalue weighted by Gasteiger charge is 2.21. The summed E-state index contributed by atoms with van der Waals surface area (Å²) in [5, 5.41) is 6.97. The number of likely N-dealkylation sites (N-methyl/N-ethyl adjacent to an activating group) is 1. The molecule has 1 atom stereocenters. The zero-order valence-electron chi connectivity index (χ0n) is 10.9. The quantitative estimate of drug-likeness (QED) is 0.843. The van der Waals surface area contributed by atoms with Crippen molar-refractivity contribution >= 4 is 11.3 Å². The Balaban J connectivity index is 1.92. The van der Waals surface area contributed by atoms with Gasteiger partial charge in [0.2, 0.25) is 0 Å². The monoisotopic (exact) mass is 253 g/mol. The fraction of sp³-hybridized carbons (Fsp3) is 0.769. The van der Waals surface area contributed by atoms with Crippen molar-refractivity contribution in [3.63, 3.8) is 0 Å². The van der Waals surface area contributed by atoms with Crippen LogP contribution in [0.5, 0.6) is 0 Å². The summed E-state index contributed by atoms with van der Waals surface area (Å²) in [6.07, 6.45) is 3.60. The Morgan fingerprint density at radius 2 is 2.41 bits per heavy atom. The average molecular weight is 253 g/mol. The summed E-state index contributed by atoms with van der Waals surface area (Å²) in [6.45, 7) is 8.90. The smallest absolute Gasteiger partial charge is 0.0928 e. The van der Waals surface area contributed by atoms with E-state index in [1.807, 2.05) is 11.3 Å². The highest BCUT2D eigenvalue weighted by molar-refractivity contribution is 7.09. The molecule has 0 aliphatic carbocycles. The van der Waals surface area contributed by atoms with Crippen molar-refractivity contribution < 1.29 is 0 Å². The van der Waals surface area contributed by atoms with E-state index < -0.39 is 0 Å². The molecule has 1 N–H and O–H groups in total. The molecule has 0 bridgehead atoms. The van der Waals surface area contributed by atoms with E-state index in [4.69, 9.17) is 4.98 Å². The van der Waals surface area contributed by atoms with Gasteiger partial charge in [0.1, 0.15) is 0 Å². The molecule has 1 aliphatic heterocycles. The van der Waals surface area contributed by atoms with Gasteiger partial charge in [-0.15, -0.1) is 11.3 Å². The van der Waals surface area contributed by atoms with Crippen LogP contribution in [0, 0.1) is 0 Å². The zero-order valence-corrected chi connectivity index (χ0v) is 11.7. The Bertz CT molecular complexity index is 331. The molecule has 2 heterocycles. The van der Waals surface area contributed by atoms with Crippen molar-refractivity contribution in [2.75, 3.05) is 19.6 Å². The maximum Gasteiger partial charge on any atom is 0.0928 e. The van der Waals surface area contributed by atoms with Crippen LogP contribution in [0.1, 0.15) is 37.4 Å². The Labute approximate surface area is 108 Å². The van der Waals surface area contributed by atoms with E-state index in [1.54, 1.807) is 0 Å². The first-order valence-electron chi connectivity index (χ1n) is 6.71. The molecule has 0 aromatic carbocycles. The molecule has 0 saturated carbocycles. The summed E-state index contributed by atoms with van der Waals surface area (Å²) in [7, 11) is 0. The molecule has 4 heteroatoms. The number of rotatable bonds is 6. The minimum atomic E-state index is 0.705. The second-order valence-electron chi connectivity index (χ2n) is 4.69. The van der Waals surface area contributed by atoms with Gasteiger partial charge in [0.25, 0.3) is 0 Å². The molecule has 3 nitrogen and oxygen atoms in total. The molecule has 1 aromatic heterocycles. The maximum absolute atomic E-state index is 4.72. The van der Waals surface area contributed by atoms with E-state index in [9.17, 15) is 0 Å². The molecule has 96 valence electrons. The standard InChI is InChI=1S/C13H23N3S/c1-3-5-13-15-11(10-17-13)9-16(4-2)12-6-7-14-8-12/h10,12,14H,3-9H2,1-2H3. The molecule has 1 fully saturated rings. The lowest BCUT2D eigenvalue weighted by Gasteiger charge is -2.25. The van der Waals surface area contributed by atoms with Crippen LogP contribution in [0.3, 0.4) is 0 Å². The first-order valence-corrected chi connectivity index (χ1v) is 7.59. The molecule has 1 aliphatic rings. The van der Waals surface area contributed by atoms with Gasteiger partial charge in [-0.05, 0) is 32.4 Å². The van der Waals surface area contributed by atoms with E-state index in [0.29, 0.717) is 6.04 Å². The number of hydrogen-bond acceptors (Lipinski definition) is 4. The fourth-order valence-corrected chi connectivity index (χ4v) is 3.30. The third-order valence-electron chi connectivity index (χ3n) is 3.39. The molecule has 1 aromatic rings. The van der Waals surface area contributed by atoms with Crippen LogP contribution in [0.15, 0.2) is 5.38 Å². The first-order chi connectivity index (χ1) is 8.33. The number of aromatic nitrogens is 1. The largest absolute Gasteiger partial charge is 0.315 e. The molecule has 1 unspecified atom stereocenters. The van der Waals surface area contributed by atoms with Gasteiger partial charge in [-0.2, -0.15) is 0 Å². The van der Waals surface area contributed by atoms with Gasteiger partial charge in [0, 0.05) is 24.5 Å². The van der Waals surface area contributed by atoms with E-state index in [1.165, 1.54) is 30.1 Å². The predicted octanol–water partition coefficient (Wildman–Crippen LogP) is 2.28. The minimum absolute atomic E-state index is 0.705. The minimum Gasteiger partial charge on any atom is -0.315 e. The van der Waals surface area contributed by atoms with Crippen LogP contribution in [0.4, 0.5) is 0 Å². The van der Waals surface area contributed by atoms with Crippen molar-refractivity contribution in [2.24, 2.45) is 0 Å². The molecule has 2 rings (SSSR count). The van der Waals surface area contributed by atoms with Gasteiger partial charge in [-0.25, -0.2) is 4.98 Å².